The van der Waals surface area contributed by atoms with Gasteiger partial charge in [-0.15, -0.1) is 0 Å². The molecule has 0 rings (SSSR count). The van der Waals surface area contributed by atoms with Gasteiger partial charge in [0.2, 0.25) is 0 Å². The molecule has 0 fully saturated rings. The SMILES string of the molecule is CC(C(F)C(O)(F)C(O)(F)F)C(F)(F)F. The van der Waals surface area contributed by atoms with Crippen molar-refractivity contribution >= 4 is 0 Å². The topological polar surface area (TPSA) is 40.5 Å². The molecular formula is C6H7F7O2. The van der Waals surface area contributed by atoms with Gasteiger partial charge in [-0.1, -0.05) is 6.92 Å². The molecule has 2 nitrogen and oxygen atoms in total. The Morgan fingerprint density at radius 2 is 1.27 bits per heavy atom. The van der Waals surface area contributed by atoms with Crippen LogP contribution in [0.3, 0.4) is 0 Å². The first-order valence-corrected chi connectivity index (χ1v) is 3.54. The molecule has 15 heavy (non-hydrogen) atoms. The molecule has 3 atom stereocenters. The van der Waals surface area contributed by atoms with E-state index >= 15 is 0 Å². The van der Waals surface area contributed by atoms with Gasteiger partial charge in [0.05, 0.1) is 5.92 Å². The second-order valence-electron chi connectivity index (χ2n) is 2.95. The van der Waals surface area contributed by atoms with Gasteiger partial charge in [-0.2, -0.15) is 26.3 Å². The van der Waals surface area contributed by atoms with Crippen molar-refractivity contribution in [2.24, 2.45) is 5.92 Å². The molecule has 9 heteroatoms. The van der Waals surface area contributed by atoms with Gasteiger partial charge in [-0.3, -0.25) is 0 Å². The normalized spacial score (nSPS) is 22.0. The predicted octanol–water partition coefficient (Wildman–Crippen LogP) is 1.77. The van der Waals surface area contributed by atoms with Gasteiger partial charge in [0.15, 0.2) is 6.17 Å². The average Bonchev–Trinajstić information content (AvgIpc) is 1.97. The van der Waals surface area contributed by atoms with Crippen LogP contribution >= 0.6 is 0 Å². The fraction of sp³-hybridized carbons (Fsp3) is 1.00. The maximum atomic E-state index is 12.6. The highest BCUT2D eigenvalue weighted by molar-refractivity contribution is 4.88. The van der Waals surface area contributed by atoms with E-state index in [4.69, 9.17) is 10.2 Å². The monoisotopic (exact) mass is 244 g/mol. The Labute approximate surface area is 79.3 Å². The lowest BCUT2D eigenvalue weighted by atomic mass is 9.98. The summed E-state index contributed by atoms with van der Waals surface area (Å²) >= 11 is 0. The van der Waals surface area contributed by atoms with Crippen molar-refractivity contribution in [3.63, 3.8) is 0 Å². The highest BCUT2D eigenvalue weighted by Gasteiger charge is 2.64. The van der Waals surface area contributed by atoms with Gasteiger partial charge in [0.25, 0.3) is 0 Å². The molecule has 0 saturated carbocycles. The van der Waals surface area contributed by atoms with E-state index in [0.717, 1.165) is 0 Å². The molecule has 3 unspecified atom stereocenters. The molecule has 2 N–H and O–H groups in total. The summed E-state index contributed by atoms with van der Waals surface area (Å²) in [7, 11) is 0. The number of alkyl halides is 7. The summed E-state index contributed by atoms with van der Waals surface area (Å²) in [5.74, 6) is -8.48. The van der Waals surface area contributed by atoms with E-state index in [-0.39, 0.29) is 6.92 Å². The fourth-order valence-corrected chi connectivity index (χ4v) is 0.663. The highest BCUT2D eigenvalue weighted by Crippen LogP contribution is 2.40. The van der Waals surface area contributed by atoms with Crippen LogP contribution in [0.4, 0.5) is 30.7 Å². The predicted molar refractivity (Wildman–Crippen MR) is 33.3 cm³/mol. The third-order valence-corrected chi connectivity index (χ3v) is 1.74. The molecule has 0 radical (unpaired) electrons. The van der Waals surface area contributed by atoms with Crippen molar-refractivity contribution in [3.8, 4) is 0 Å². The molecule has 0 aliphatic heterocycles. The summed E-state index contributed by atoms with van der Waals surface area (Å²) in [6.07, 6.45) is -14.9. The molecule has 0 bridgehead atoms. The van der Waals surface area contributed by atoms with E-state index < -0.39 is 30.2 Å². The summed E-state index contributed by atoms with van der Waals surface area (Å²) in [4.78, 5) is 0. The Balaban J connectivity index is 4.94. The van der Waals surface area contributed by atoms with E-state index in [0.29, 0.717) is 0 Å². The van der Waals surface area contributed by atoms with Gasteiger partial charge in [0, 0.05) is 0 Å². The Morgan fingerprint density at radius 3 is 1.47 bits per heavy atom. The molecule has 0 aliphatic carbocycles. The van der Waals surface area contributed by atoms with E-state index in [1.807, 2.05) is 0 Å². The molecule has 0 saturated heterocycles. The summed E-state index contributed by atoms with van der Waals surface area (Å²) < 4.78 is 84.0. The maximum absolute atomic E-state index is 12.6. The molecular weight excluding hydrogens is 237 g/mol. The zero-order valence-corrected chi connectivity index (χ0v) is 7.19. The van der Waals surface area contributed by atoms with Crippen LogP contribution in [0.15, 0.2) is 0 Å². The van der Waals surface area contributed by atoms with Crippen molar-refractivity contribution < 1.29 is 40.9 Å². The first-order chi connectivity index (χ1) is 6.32. The van der Waals surface area contributed by atoms with Crippen LogP contribution in [0.1, 0.15) is 6.92 Å². The van der Waals surface area contributed by atoms with Crippen molar-refractivity contribution in [2.45, 2.75) is 31.2 Å². The molecule has 0 aromatic heterocycles. The standard InChI is InChI=1S/C6H7F7O2/c1-2(5(9,10)11)3(7)4(8,14)6(12,13)15/h2-3,14-15H,1H3. The summed E-state index contributed by atoms with van der Waals surface area (Å²) in [5.41, 5.74) is 0. The quantitative estimate of drug-likeness (QED) is 0.743. The highest BCUT2D eigenvalue weighted by atomic mass is 19.4. The van der Waals surface area contributed by atoms with Gasteiger partial charge < -0.3 is 10.2 Å². The number of aliphatic hydroxyl groups is 2. The van der Waals surface area contributed by atoms with E-state index in [2.05, 4.69) is 0 Å². The Morgan fingerprint density at radius 1 is 0.933 bits per heavy atom. The molecule has 0 heterocycles. The number of hydrogen-bond donors (Lipinski definition) is 2. The first kappa shape index (κ1) is 14.4. The lowest BCUT2D eigenvalue weighted by Crippen LogP contribution is -2.55. The molecule has 0 aliphatic rings. The second-order valence-corrected chi connectivity index (χ2v) is 2.95. The van der Waals surface area contributed by atoms with Crippen molar-refractivity contribution in [3.05, 3.63) is 0 Å². The summed E-state index contributed by atoms with van der Waals surface area (Å²) in [5, 5.41) is 15.8. The smallest absolute Gasteiger partial charge is 0.353 e. The minimum Gasteiger partial charge on any atom is -0.353 e. The fourth-order valence-electron chi connectivity index (χ4n) is 0.663. The van der Waals surface area contributed by atoms with Crippen molar-refractivity contribution in [1.82, 2.24) is 0 Å². The zero-order chi connectivity index (χ0) is 12.7. The van der Waals surface area contributed by atoms with Gasteiger partial charge in [-0.25, -0.2) is 4.39 Å². The lowest BCUT2D eigenvalue weighted by molar-refractivity contribution is -0.382. The van der Waals surface area contributed by atoms with Crippen LogP contribution in [-0.2, 0) is 0 Å². The average molecular weight is 244 g/mol. The van der Waals surface area contributed by atoms with E-state index in [1.165, 1.54) is 0 Å². The van der Waals surface area contributed by atoms with Crippen molar-refractivity contribution in [1.29, 1.82) is 0 Å². The number of hydrogen-bond acceptors (Lipinski definition) is 2. The molecule has 0 amide bonds. The van der Waals surface area contributed by atoms with Crippen molar-refractivity contribution in [2.75, 3.05) is 0 Å². The molecule has 0 aromatic carbocycles. The van der Waals surface area contributed by atoms with Crippen LogP contribution < -0.4 is 0 Å². The number of halogens is 7. The molecule has 0 spiro atoms. The number of rotatable bonds is 3. The minimum atomic E-state index is -5.62. The van der Waals surface area contributed by atoms with Gasteiger partial charge in [0.1, 0.15) is 0 Å². The molecule has 0 aromatic rings. The lowest BCUT2D eigenvalue weighted by Gasteiger charge is -2.30. The Hall–Kier alpha value is -0.570. The summed E-state index contributed by atoms with van der Waals surface area (Å²) in [6.45, 7) is 0.0565. The van der Waals surface area contributed by atoms with Crippen LogP contribution in [0.25, 0.3) is 0 Å². The first-order valence-electron chi connectivity index (χ1n) is 3.54. The van der Waals surface area contributed by atoms with Crippen LogP contribution in [0.5, 0.6) is 0 Å². The van der Waals surface area contributed by atoms with Gasteiger partial charge >= 0.3 is 18.1 Å². The van der Waals surface area contributed by atoms with E-state index in [1.54, 1.807) is 0 Å². The van der Waals surface area contributed by atoms with Crippen LogP contribution in [-0.4, -0.2) is 34.5 Å². The largest absolute Gasteiger partial charge is 0.415 e. The minimum absolute atomic E-state index is 0.0565. The van der Waals surface area contributed by atoms with Crippen LogP contribution in [0, 0.1) is 5.92 Å². The third-order valence-electron chi connectivity index (χ3n) is 1.74. The van der Waals surface area contributed by atoms with Crippen LogP contribution in [0.2, 0.25) is 0 Å². The van der Waals surface area contributed by atoms with Gasteiger partial charge in [-0.05, 0) is 0 Å². The maximum Gasteiger partial charge on any atom is 0.415 e. The van der Waals surface area contributed by atoms with E-state index in [9.17, 15) is 30.7 Å². The zero-order valence-electron chi connectivity index (χ0n) is 7.19. The Bertz CT molecular complexity index is 219. The summed E-state index contributed by atoms with van der Waals surface area (Å²) in [6, 6.07) is 0. The second kappa shape index (κ2) is 3.78. The Kier molecular flexibility index (Phi) is 3.64. The third kappa shape index (κ3) is 2.94. The molecule has 92 valence electrons.